The molecule has 0 aliphatic rings. The van der Waals surface area contributed by atoms with E-state index in [2.05, 4.69) is 20.8 Å². The Bertz CT molecular complexity index is 193. The maximum absolute atomic E-state index is 11.4. The van der Waals surface area contributed by atoms with Gasteiger partial charge in [0.25, 0.3) is 0 Å². The molecule has 6 heteroatoms. The molecule has 0 saturated carbocycles. The summed E-state index contributed by atoms with van der Waals surface area (Å²) < 4.78 is 16.5. The van der Waals surface area contributed by atoms with Crippen molar-refractivity contribution in [1.82, 2.24) is 0 Å². The zero-order valence-corrected chi connectivity index (χ0v) is 11.1. The van der Waals surface area contributed by atoms with E-state index in [1.807, 2.05) is 0 Å². The topological polar surface area (TPSA) is 52.3 Å². The van der Waals surface area contributed by atoms with Crippen LogP contribution in [-0.4, -0.2) is 16.4 Å². The maximum Gasteiger partial charge on any atom is 0.324 e. The molecule has 2 N–H and O–H groups in total. The molecule has 0 aromatic heterocycles. The molecule has 3 nitrogen and oxygen atoms in total. The SMILES string of the molecule is CCOP(N)(=O)SCSC(C)(C)C. The molecule has 0 aliphatic heterocycles. The summed E-state index contributed by atoms with van der Waals surface area (Å²) in [6, 6.07) is 0. The van der Waals surface area contributed by atoms with E-state index in [9.17, 15) is 4.57 Å². The Morgan fingerprint density at radius 3 is 2.38 bits per heavy atom. The molecular weight excluding hydrogens is 225 g/mol. The van der Waals surface area contributed by atoms with Gasteiger partial charge in [-0.15, -0.1) is 11.8 Å². The van der Waals surface area contributed by atoms with Crippen LogP contribution in [0, 0.1) is 0 Å². The van der Waals surface area contributed by atoms with E-state index >= 15 is 0 Å². The van der Waals surface area contributed by atoms with Crippen molar-refractivity contribution in [2.45, 2.75) is 32.4 Å². The summed E-state index contributed by atoms with van der Waals surface area (Å²) in [5.74, 6) is 0. The second kappa shape index (κ2) is 5.66. The van der Waals surface area contributed by atoms with Crippen molar-refractivity contribution in [2.24, 2.45) is 5.50 Å². The number of hydrogen-bond acceptors (Lipinski definition) is 4. The van der Waals surface area contributed by atoms with Crippen molar-refractivity contribution >= 4 is 29.9 Å². The quantitative estimate of drug-likeness (QED) is 0.593. The fourth-order valence-electron chi connectivity index (χ4n) is 0.494. The van der Waals surface area contributed by atoms with Gasteiger partial charge in [-0.2, -0.15) is 0 Å². The first-order valence-electron chi connectivity index (χ1n) is 4.08. The molecule has 1 atom stereocenters. The molecule has 0 radical (unpaired) electrons. The van der Waals surface area contributed by atoms with E-state index in [4.69, 9.17) is 10.0 Å². The Hall–Kier alpha value is 0.850. The predicted molar refractivity (Wildman–Crippen MR) is 63.2 cm³/mol. The summed E-state index contributed by atoms with van der Waals surface area (Å²) in [7, 11) is 0. The van der Waals surface area contributed by atoms with Gasteiger partial charge in [0.15, 0.2) is 0 Å². The summed E-state index contributed by atoms with van der Waals surface area (Å²) >= 11 is 2.92. The fourth-order valence-corrected chi connectivity index (χ4v) is 5.48. The zero-order chi connectivity index (χ0) is 10.5. The number of hydrogen-bond donors (Lipinski definition) is 1. The van der Waals surface area contributed by atoms with Crippen LogP contribution in [-0.2, 0) is 9.09 Å². The highest BCUT2D eigenvalue weighted by molar-refractivity contribution is 8.58. The Labute approximate surface area is 88.8 Å². The first-order valence-corrected chi connectivity index (χ1v) is 8.35. The minimum absolute atomic E-state index is 0.180. The third kappa shape index (κ3) is 9.16. The highest BCUT2D eigenvalue weighted by Gasteiger charge is 2.19. The fraction of sp³-hybridized carbons (Fsp3) is 1.00. The third-order valence-corrected chi connectivity index (χ3v) is 6.12. The predicted octanol–water partition coefficient (Wildman–Crippen LogP) is 3.31. The van der Waals surface area contributed by atoms with Gasteiger partial charge in [0.2, 0.25) is 0 Å². The van der Waals surface area contributed by atoms with Gasteiger partial charge in [0.1, 0.15) is 0 Å². The van der Waals surface area contributed by atoms with Crippen LogP contribution < -0.4 is 5.50 Å². The summed E-state index contributed by atoms with van der Waals surface area (Å²) in [5, 5.41) is 0.706. The summed E-state index contributed by atoms with van der Waals surface area (Å²) in [6.07, 6.45) is 0. The molecule has 0 spiro atoms. The van der Waals surface area contributed by atoms with Crippen LogP contribution in [0.2, 0.25) is 0 Å². The van der Waals surface area contributed by atoms with E-state index in [1.54, 1.807) is 18.7 Å². The first-order chi connectivity index (χ1) is 5.77. The second-order valence-corrected chi connectivity index (χ2v) is 9.82. The molecule has 13 heavy (non-hydrogen) atoms. The van der Waals surface area contributed by atoms with Gasteiger partial charge in [-0.3, -0.25) is 10.1 Å². The van der Waals surface area contributed by atoms with E-state index in [0.29, 0.717) is 11.7 Å². The summed E-state index contributed by atoms with van der Waals surface area (Å²) in [5.41, 5.74) is 5.44. The lowest BCUT2D eigenvalue weighted by molar-refractivity contribution is 0.346. The Balaban J connectivity index is 3.70. The average Bonchev–Trinajstić information content (AvgIpc) is 1.82. The molecule has 80 valence electrons. The van der Waals surface area contributed by atoms with Crippen LogP contribution in [0.25, 0.3) is 0 Å². The molecule has 0 aromatic carbocycles. The van der Waals surface area contributed by atoms with Gasteiger partial charge in [-0.1, -0.05) is 20.8 Å². The first kappa shape index (κ1) is 13.8. The minimum atomic E-state index is -2.88. The number of thioether (sulfide) groups is 1. The number of rotatable bonds is 5. The Morgan fingerprint density at radius 2 is 2.00 bits per heavy atom. The average molecular weight is 243 g/mol. The monoisotopic (exact) mass is 243 g/mol. The normalized spacial score (nSPS) is 17.0. The number of nitrogens with two attached hydrogens (primary N) is 1. The van der Waals surface area contributed by atoms with E-state index < -0.39 is 6.72 Å². The van der Waals surface area contributed by atoms with Crippen molar-refractivity contribution < 1.29 is 9.09 Å². The minimum Gasteiger partial charge on any atom is -0.310 e. The third-order valence-electron chi connectivity index (χ3n) is 1.03. The highest BCUT2D eigenvalue weighted by Crippen LogP contribution is 2.54. The lowest BCUT2D eigenvalue weighted by Gasteiger charge is -2.18. The van der Waals surface area contributed by atoms with Crippen molar-refractivity contribution in [2.75, 3.05) is 11.7 Å². The van der Waals surface area contributed by atoms with Crippen LogP contribution in [0.3, 0.4) is 0 Å². The van der Waals surface area contributed by atoms with Crippen molar-refractivity contribution in [3.63, 3.8) is 0 Å². The molecule has 0 bridgehead atoms. The Morgan fingerprint density at radius 1 is 1.46 bits per heavy atom. The van der Waals surface area contributed by atoms with E-state index in [1.165, 1.54) is 11.4 Å². The molecule has 0 rings (SSSR count). The van der Waals surface area contributed by atoms with Crippen molar-refractivity contribution in [3.8, 4) is 0 Å². The lowest BCUT2D eigenvalue weighted by Crippen LogP contribution is -2.07. The Kier molecular flexibility index (Phi) is 6.03. The zero-order valence-electron chi connectivity index (χ0n) is 8.57. The molecule has 0 fully saturated rings. The smallest absolute Gasteiger partial charge is 0.310 e. The molecule has 0 amide bonds. The van der Waals surface area contributed by atoms with E-state index in [-0.39, 0.29) is 4.75 Å². The summed E-state index contributed by atoms with van der Waals surface area (Å²) in [4.78, 5) is 0. The molecule has 0 aliphatic carbocycles. The van der Waals surface area contributed by atoms with Crippen LogP contribution in [0.15, 0.2) is 0 Å². The van der Waals surface area contributed by atoms with Crippen LogP contribution in [0.1, 0.15) is 27.7 Å². The van der Waals surface area contributed by atoms with Gasteiger partial charge < -0.3 is 4.52 Å². The highest BCUT2D eigenvalue weighted by atomic mass is 32.7. The second-order valence-electron chi connectivity index (χ2n) is 3.46. The maximum atomic E-state index is 11.4. The lowest BCUT2D eigenvalue weighted by atomic mass is 10.3. The molecule has 1 unspecified atom stereocenters. The van der Waals surface area contributed by atoms with Gasteiger partial charge in [-0.25, -0.2) is 0 Å². The molecule has 0 heterocycles. The molecular formula is C7H18NO2PS2. The van der Waals surface area contributed by atoms with E-state index in [0.717, 1.165) is 0 Å². The van der Waals surface area contributed by atoms with Crippen LogP contribution >= 0.6 is 29.9 Å². The van der Waals surface area contributed by atoms with Gasteiger partial charge in [-0.05, 0) is 18.3 Å². The van der Waals surface area contributed by atoms with Crippen molar-refractivity contribution in [3.05, 3.63) is 0 Å². The van der Waals surface area contributed by atoms with Gasteiger partial charge in [0.05, 0.1) is 11.7 Å². The van der Waals surface area contributed by atoms with Crippen LogP contribution in [0.4, 0.5) is 0 Å². The van der Waals surface area contributed by atoms with Gasteiger partial charge in [0, 0.05) is 4.75 Å². The summed E-state index contributed by atoms with van der Waals surface area (Å²) in [6.45, 7) is 5.64. The standard InChI is InChI=1S/C7H18NO2PS2/c1-5-10-11(8,9)13-6-12-7(2,3)4/h5-6H2,1-4H3,(H2,8,9). The molecule has 0 saturated heterocycles. The molecule has 0 aromatic rings. The largest absolute Gasteiger partial charge is 0.324 e. The van der Waals surface area contributed by atoms with Gasteiger partial charge >= 0.3 is 6.72 Å². The van der Waals surface area contributed by atoms with Crippen molar-refractivity contribution in [1.29, 1.82) is 0 Å². The van der Waals surface area contributed by atoms with Crippen LogP contribution in [0.5, 0.6) is 0 Å².